The molecule has 0 aliphatic carbocycles. The summed E-state index contributed by atoms with van der Waals surface area (Å²) in [6.45, 7) is 8.37. The fraction of sp³-hybridized carbons (Fsp3) is 0.250. The van der Waals surface area contributed by atoms with Crippen molar-refractivity contribution in [3.8, 4) is 11.5 Å². The van der Waals surface area contributed by atoms with Gasteiger partial charge in [-0.2, -0.15) is 0 Å². The van der Waals surface area contributed by atoms with E-state index >= 15 is 0 Å². The lowest BCUT2D eigenvalue weighted by molar-refractivity contribution is -0.132. The number of hydrogen-bond donors (Lipinski definition) is 1. The predicted molar refractivity (Wildman–Crippen MR) is 134 cm³/mol. The SMILES string of the molecule is CCOc1ccc(/C(O)=C2\C(=O)C(=O)N(c3cccc(C)c3C)C2c2cccnc2)c(OCC)c1. The van der Waals surface area contributed by atoms with E-state index in [9.17, 15) is 14.7 Å². The maximum atomic E-state index is 13.4. The number of Topliss-reactive ketones (excluding diaryl/α,β-unsaturated/α-hetero) is 1. The lowest BCUT2D eigenvalue weighted by Gasteiger charge is -2.27. The number of carbonyl (C=O) groups is 2. The molecule has 35 heavy (non-hydrogen) atoms. The highest BCUT2D eigenvalue weighted by Crippen LogP contribution is 2.44. The summed E-state index contributed by atoms with van der Waals surface area (Å²) in [7, 11) is 0. The fourth-order valence-electron chi connectivity index (χ4n) is 4.31. The summed E-state index contributed by atoms with van der Waals surface area (Å²) >= 11 is 0. The van der Waals surface area contributed by atoms with Crippen LogP contribution in [-0.2, 0) is 9.59 Å². The number of aryl methyl sites for hydroxylation is 1. The van der Waals surface area contributed by atoms with Gasteiger partial charge in [0.1, 0.15) is 17.3 Å². The van der Waals surface area contributed by atoms with Crippen molar-refractivity contribution in [2.75, 3.05) is 18.1 Å². The van der Waals surface area contributed by atoms with Gasteiger partial charge >= 0.3 is 0 Å². The van der Waals surface area contributed by atoms with Gasteiger partial charge in [0.15, 0.2) is 0 Å². The molecule has 2 heterocycles. The van der Waals surface area contributed by atoms with Gasteiger partial charge in [-0.3, -0.25) is 19.5 Å². The third-order valence-corrected chi connectivity index (χ3v) is 6.10. The summed E-state index contributed by atoms with van der Waals surface area (Å²) in [5.41, 5.74) is 3.37. The monoisotopic (exact) mass is 472 g/mol. The molecule has 1 aromatic heterocycles. The molecule has 1 aliphatic rings. The molecule has 180 valence electrons. The molecule has 0 spiro atoms. The van der Waals surface area contributed by atoms with Crippen molar-refractivity contribution in [2.45, 2.75) is 33.7 Å². The summed E-state index contributed by atoms with van der Waals surface area (Å²) in [6, 6.07) is 13.3. The Morgan fingerprint density at radius 1 is 1.03 bits per heavy atom. The van der Waals surface area contributed by atoms with Gasteiger partial charge in [-0.25, -0.2) is 0 Å². The molecule has 1 aliphatic heterocycles. The van der Waals surface area contributed by atoms with E-state index in [1.165, 1.54) is 4.90 Å². The maximum absolute atomic E-state index is 13.4. The van der Waals surface area contributed by atoms with E-state index < -0.39 is 17.7 Å². The van der Waals surface area contributed by atoms with Crippen LogP contribution in [0, 0.1) is 13.8 Å². The lowest BCUT2D eigenvalue weighted by Crippen LogP contribution is -2.30. The Bertz CT molecular complexity index is 1300. The second-order valence-corrected chi connectivity index (χ2v) is 8.20. The first-order valence-corrected chi connectivity index (χ1v) is 11.6. The standard InChI is InChI=1S/C28H28N2O5/c1-5-34-20-12-13-21(23(15-20)35-6-2)26(31)24-25(19-10-8-14-29-16-19)30(28(33)27(24)32)22-11-7-9-17(3)18(22)4/h7-16,25,31H,5-6H2,1-4H3/b26-24+. The van der Waals surface area contributed by atoms with Crippen molar-refractivity contribution in [2.24, 2.45) is 0 Å². The number of aliphatic hydroxyl groups excluding tert-OH is 1. The van der Waals surface area contributed by atoms with Gasteiger partial charge in [0.2, 0.25) is 0 Å². The molecule has 0 saturated carbocycles. The van der Waals surface area contributed by atoms with Crippen LogP contribution < -0.4 is 14.4 Å². The van der Waals surface area contributed by atoms with Crippen LogP contribution in [0.4, 0.5) is 5.69 Å². The first-order valence-electron chi connectivity index (χ1n) is 11.6. The summed E-state index contributed by atoms with van der Waals surface area (Å²) in [5.74, 6) is -0.853. The Kier molecular flexibility index (Phi) is 6.87. The molecule has 1 N–H and O–H groups in total. The van der Waals surface area contributed by atoms with Crippen LogP contribution in [0.15, 0.2) is 66.5 Å². The topological polar surface area (TPSA) is 89.0 Å². The number of ether oxygens (including phenoxy) is 2. The van der Waals surface area contributed by atoms with Crippen molar-refractivity contribution < 1.29 is 24.2 Å². The molecule has 7 nitrogen and oxygen atoms in total. The van der Waals surface area contributed by atoms with Gasteiger partial charge in [0.05, 0.1) is 30.4 Å². The van der Waals surface area contributed by atoms with E-state index in [4.69, 9.17) is 9.47 Å². The minimum Gasteiger partial charge on any atom is -0.507 e. The van der Waals surface area contributed by atoms with E-state index in [-0.39, 0.29) is 11.3 Å². The number of rotatable bonds is 7. The van der Waals surface area contributed by atoms with Gasteiger partial charge in [0, 0.05) is 24.1 Å². The molecule has 0 bridgehead atoms. The number of amides is 1. The first kappa shape index (κ1) is 24.0. The van der Waals surface area contributed by atoms with E-state index in [2.05, 4.69) is 4.98 Å². The number of nitrogens with zero attached hydrogens (tertiary/aromatic N) is 2. The zero-order chi connectivity index (χ0) is 25.1. The molecule has 7 heteroatoms. The second-order valence-electron chi connectivity index (χ2n) is 8.20. The van der Waals surface area contributed by atoms with Crippen molar-refractivity contribution in [3.63, 3.8) is 0 Å². The van der Waals surface area contributed by atoms with Gasteiger partial charge in [0.25, 0.3) is 11.7 Å². The third kappa shape index (κ3) is 4.37. The first-order chi connectivity index (χ1) is 16.9. The number of benzene rings is 2. The van der Waals surface area contributed by atoms with Crippen molar-refractivity contribution in [3.05, 3.63) is 88.8 Å². The van der Waals surface area contributed by atoms with Gasteiger partial charge in [-0.1, -0.05) is 18.2 Å². The Hall–Kier alpha value is -4.13. The largest absolute Gasteiger partial charge is 0.507 e. The van der Waals surface area contributed by atoms with Gasteiger partial charge in [-0.05, 0) is 68.7 Å². The zero-order valence-electron chi connectivity index (χ0n) is 20.2. The highest BCUT2D eigenvalue weighted by molar-refractivity contribution is 6.51. The number of anilines is 1. The number of aromatic nitrogens is 1. The Morgan fingerprint density at radius 3 is 2.49 bits per heavy atom. The Balaban J connectivity index is 1.96. The van der Waals surface area contributed by atoms with E-state index in [0.29, 0.717) is 41.5 Å². The molecule has 4 rings (SSSR count). The minimum absolute atomic E-state index is 0.0194. The van der Waals surface area contributed by atoms with Crippen LogP contribution in [0.3, 0.4) is 0 Å². The average Bonchev–Trinajstić information content (AvgIpc) is 3.12. The highest BCUT2D eigenvalue weighted by atomic mass is 16.5. The van der Waals surface area contributed by atoms with E-state index in [1.54, 1.807) is 48.8 Å². The third-order valence-electron chi connectivity index (χ3n) is 6.10. The average molecular weight is 473 g/mol. The van der Waals surface area contributed by atoms with Crippen LogP contribution in [-0.4, -0.2) is 35.0 Å². The summed E-state index contributed by atoms with van der Waals surface area (Å²) in [4.78, 5) is 32.5. The number of carbonyl (C=O) groups excluding carboxylic acids is 2. The molecule has 3 aromatic rings. The number of aliphatic hydroxyl groups is 1. The molecular formula is C28H28N2O5. The molecule has 1 saturated heterocycles. The fourth-order valence-corrected chi connectivity index (χ4v) is 4.31. The summed E-state index contributed by atoms with van der Waals surface area (Å²) in [6.07, 6.45) is 3.22. The lowest BCUT2D eigenvalue weighted by atomic mass is 9.95. The smallest absolute Gasteiger partial charge is 0.300 e. The maximum Gasteiger partial charge on any atom is 0.300 e. The molecule has 1 unspecified atom stereocenters. The minimum atomic E-state index is -0.856. The Morgan fingerprint density at radius 2 is 1.80 bits per heavy atom. The number of pyridine rings is 1. The zero-order valence-corrected chi connectivity index (χ0v) is 20.2. The number of hydrogen-bond acceptors (Lipinski definition) is 6. The predicted octanol–water partition coefficient (Wildman–Crippen LogP) is 5.12. The molecular weight excluding hydrogens is 444 g/mol. The molecule has 1 amide bonds. The van der Waals surface area contributed by atoms with Crippen molar-refractivity contribution in [1.82, 2.24) is 4.98 Å². The molecule has 0 radical (unpaired) electrons. The van der Waals surface area contributed by atoms with Crippen LogP contribution in [0.1, 0.15) is 42.1 Å². The second kappa shape index (κ2) is 10.0. The quantitative estimate of drug-likeness (QED) is 0.292. The number of ketones is 1. The van der Waals surface area contributed by atoms with Crippen LogP contribution in [0.2, 0.25) is 0 Å². The summed E-state index contributed by atoms with van der Waals surface area (Å²) < 4.78 is 11.3. The van der Waals surface area contributed by atoms with Gasteiger partial charge < -0.3 is 14.6 Å². The highest BCUT2D eigenvalue weighted by Gasteiger charge is 2.47. The Labute approximate surface area is 204 Å². The van der Waals surface area contributed by atoms with Gasteiger partial charge in [-0.15, -0.1) is 0 Å². The van der Waals surface area contributed by atoms with Crippen LogP contribution in [0.25, 0.3) is 5.76 Å². The normalized spacial score (nSPS) is 17.0. The van der Waals surface area contributed by atoms with Crippen LogP contribution in [0.5, 0.6) is 11.5 Å². The van der Waals surface area contributed by atoms with E-state index in [0.717, 1.165) is 11.1 Å². The van der Waals surface area contributed by atoms with Crippen LogP contribution >= 0.6 is 0 Å². The molecule has 1 atom stereocenters. The van der Waals surface area contributed by atoms with Crippen molar-refractivity contribution >= 4 is 23.1 Å². The summed E-state index contributed by atoms with van der Waals surface area (Å²) in [5, 5.41) is 11.5. The molecule has 1 fully saturated rings. The van der Waals surface area contributed by atoms with E-state index in [1.807, 2.05) is 39.8 Å². The van der Waals surface area contributed by atoms with Crippen molar-refractivity contribution in [1.29, 1.82) is 0 Å². The molecule has 2 aromatic carbocycles.